The molecule has 0 bridgehead atoms. The number of halogens is 1. The second-order valence-corrected chi connectivity index (χ2v) is 8.57. The topological polar surface area (TPSA) is 47.7 Å². The van der Waals surface area contributed by atoms with Gasteiger partial charge in [-0.1, -0.05) is 60.7 Å². The summed E-state index contributed by atoms with van der Waals surface area (Å²) >= 11 is 0. The maximum atomic E-state index is 6.31. The fourth-order valence-corrected chi connectivity index (χ4v) is 4.47. The molecule has 1 aliphatic heterocycles. The fraction of sp³-hybridized carbons (Fsp3) is 0.207. The molecule has 0 unspecified atom stereocenters. The number of ether oxygens (including phenoxy) is 2. The van der Waals surface area contributed by atoms with E-state index >= 15 is 0 Å². The zero-order valence-corrected chi connectivity index (χ0v) is 20.2. The molecule has 0 saturated carbocycles. The molecular weight excluding hydrogens is 460 g/mol. The number of nitrogens with zero attached hydrogens (tertiary/aromatic N) is 2. The maximum Gasteiger partial charge on any atom is 0.231 e. The monoisotopic (exact) mass is 486 g/mol. The van der Waals surface area contributed by atoms with E-state index in [0.29, 0.717) is 12.5 Å². The molecule has 1 aliphatic rings. The number of morpholine rings is 1. The molecule has 0 atom stereocenters. The van der Waals surface area contributed by atoms with Gasteiger partial charge in [-0.2, -0.15) is 0 Å². The minimum absolute atomic E-state index is 0. The third-order valence-electron chi connectivity index (χ3n) is 6.34. The van der Waals surface area contributed by atoms with Crippen LogP contribution in [0.3, 0.4) is 0 Å². The Morgan fingerprint density at radius 1 is 0.800 bits per heavy atom. The van der Waals surface area contributed by atoms with Gasteiger partial charge in [-0.05, 0) is 46.2 Å². The van der Waals surface area contributed by atoms with Crippen LogP contribution in [0.25, 0.3) is 44.5 Å². The van der Waals surface area contributed by atoms with E-state index in [0.717, 1.165) is 77.2 Å². The largest absolute Gasteiger partial charge is 0.491 e. The van der Waals surface area contributed by atoms with Crippen molar-refractivity contribution in [2.75, 3.05) is 39.5 Å². The second kappa shape index (κ2) is 10.5. The van der Waals surface area contributed by atoms with E-state index in [9.17, 15) is 0 Å². The Balaban J connectivity index is 0.00000253. The van der Waals surface area contributed by atoms with Gasteiger partial charge in [0.15, 0.2) is 5.58 Å². The number of aromatic nitrogens is 1. The first-order valence-electron chi connectivity index (χ1n) is 11.8. The van der Waals surface area contributed by atoms with Crippen molar-refractivity contribution >= 4 is 34.3 Å². The predicted octanol–water partition coefficient (Wildman–Crippen LogP) is 6.45. The maximum absolute atomic E-state index is 6.31. The minimum atomic E-state index is 0. The van der Waals surface area contributed by atoms with Gasteiger partial charge in [0.05, 0.1) is 18.8 Å². The van der Waals surface area contributed by atoms with E-state index in [-0.39, 0.29) is 12.4 Å². The molecule has 0 spiro atoms. The summed E-state index contributed by atoms with van der Waals surface area (Å²) in [6.45, 7) is 4.93. The second-order valence-electron chi connectivity index (χ2n) is 8.57. The molecule has 178 valence electrons. The number of benzene rings is 4. The van der Waals surface area contributed by atoms with Crippen LogP contribution in [0.2, 0.25) is 0 Å². The summed E-state index contributed by atoms with van der Waals surface area (Å²) in [7, 11) is 0. The molecule has 6 heteroatoms. The molecule has 0 aliphatic carbocycles. The molecule has 6 rings (SSSR count). The van der Waals surface area contributed by atoms with Gasteiger partial charge in [-0.3, -0.25) is 4.90 Å². The number of rotatable bonds is 6. The Morgan fingerprint density at radius 3 is 2.34 bits per heavy atom. The highest BCUT2D eigenvalue weighted by molar-refractivity contribution is 5.91. The smallest absolute Gasteiger partial charge is 0.231 e. The molecule has 0 N–H and O–H groups in total. The minimum Gasteiger partial charge on any atom is -0.491 e. The first-order chi connectivity index (χ1) is 16.8. The Labute approximate surface area is 210 Å². The van der Waals surface area contributed by atoms with Gasteiger partial charge in [0.25, 0.3) is 0 Å². The Kier molecular flexibility index (Phi) is 7.00. The molecule has 0 radical (unpaired) electrons. The first kappa shape index (κ1) is 23.4. The van der Waals surface area contributed by atoms with Crippen LogP contribution in [0.4, 0.5) is 0 Å². The standard InChI is InChI=1S/C29H26N2O3.ClH/c1-2-6-21(7-3-1)24-10-11-27-26(19-24)30-29(34-27)25-18-22-8-4-5-9-23(22)20-28(25)33-17-14-31-12-15-32-16-13-31;/h1-11,18-20H,12-17H2;1H. The molecule has 5 aromatic rings. The summed E-state index contributed by atoms with van der Waals surface area (Å²) in [6.07, 6.45) is 0. The summed E-state index contributed by atoms with van der Waals surface area (Å²) in [5.41, 5.74) is 4.75. The van der Waals surface area contributed by atoms with Crippen molar-refractivity contribution in [1.82, 2.24) is 9.88 Å². The van der Waals surface area contributed by atoms with Crippen LogP contribution in [0, 0.1) is 0 Å². The lowest BCUT2D eigenvalue weighted by Crippen LogP contribution is -2.38. The van der Waals surface area contributed by atoms with Crippen molar-refractivity contribution in [3.63, 3.8) is 0 Å². The number of hydrogen-bond acceptors (Lipinski definition) is 5. The van der Waals surface area contributed by atoms with Gasteiger partial charge in [0.1, 0.15) is 17.9 Å². The number of oxazole rings is 1. The summed E-state index contributed by atoms with van der Waals surface area (Å²) in [5, 5.41) is 2.26. The number of hydrogen-bond donors (Lipinski definition) is 0. The molecule has 35 heavy (non-hydrogen) atoms. The van der Waals surface area contributed by atoms with E-state index in [1.54, 1.807) is 0 Å². The SMILES string of the molecule is Cl.c1ccc(-c2ccc3oc(-c4cc5ccccc5cc4OCCN4CCOCC4)nc3c2)cc1. The Morgan fingerprint density at radius 2 is 1.54 bits per heavy atom. The van der Waals surface area contributed by atoms with Crippen LogP contribution in [-0.4, -0.2) is 49.3 Å². The predicted molar refractivity (Wildman–Crippen MR) is 142 cm³/mol. The van der Waals surface area contributed by atoms with Crippen LogP contribution in [-0.2, 0) is 4.74 Å². The fourth-order valence-electron chi connectivity index (χ4n) is 4.47. The van der Waals surface area contributed by atoms with Crippen molar-refractivity contribution < 1.29 is 13.9 Å². The molecule has 4 aromatic carbocycles. The van der Waals surface area contributed by atoms with Crippen molar-refractivity contribution in [2.45, 2.75) is 0 Å². The highest BCUT2D eigenvalue weighted by atomic mass is 35.5. The summed E-state index contributed by atoms with van der Waals surface area (Å²) in [6, 6.07) is 29.0. The first-order valence-corrected chi connectivity index (χ1v) is 11.8. The van der Waals surface area contributed by atoms with E-state index in [2.05, 4.69) is 53.4 Å². The lowest BCUT2D eigenvalue weighted by atomic mass is 10.1. The Bertz CT molecular complexity index is 1430. The molecule has 0 amide bonds. The van der Waals surface area contributed by atoms with Crippen molar-refractivity contribution in [2.24, 2.45) is 0 Å². The van der Waals surface area contributed by atoms with E-state index in [4.69, 9.17) is 18.9 Å². The lowest BCUT2D eigenvalue weighted by Gasteiger charge is -2.26. The third kappa shape index (κ3) is 5.03. The van der Waals surface area contributed by atoms with Gasteiger partial charge in [0, 0.05) is 19.6 Å². The van der Waals surface area contributed by atoms with Crippen molar-refractivity contribution in [3.8, 4) is 28.3 Å². The van der Waals surface area contributed by atoms with Gasteiger partial charge < -0.3 is 13.9 Å². The van der Waals surface area contributed by atoms with Crippen LogP contribution in [0.15, 0.2) is 89.3 Å². The zero-order chi connectivity index (χ0) is 22.7. The molecular formula is C29H27ClN2O3. The molecule has 2 heterocycles. The molecule has 1 aromatic heterocycles. The van der Waals surface area contributed by atoms with Gasteiger partial charge in [0.2, 0.25) is 5.89 Å². The van der Waals surface area contributed by atoms with Gasteiger partial charge in [-0.25, -0.2) is 4.98 Å². The normalized spacial score (nSPS) is 14.2. The third-order valence-corrected chi connectivity index (χ3v) is 6.34. The van der Waals surface area contributed by atoms with Crippen LogP contribution >= 0.6 is 12.4 Å². The summed E-state index contributed by atoms with van der Waals surface area (Å²) in [4.78, 5) is 7.23. The average Bonchev–Trinajstić information content (AvgIpc) is 3.33. The number of fused-ring (bicyclic) bond motifs is 2. The summed E-state index contributed by atoms with van der Waals surface area (Å²) < 4.78 is 18.0. The van der Waals surface area contributed by atoms with E-state index in [1.807, 2.05) is 36.4 Å². The molecule has 5 nitrogen and oxygen atoms in total. The molecule has 1 saturated heterocycles. The van der Waals surface area contributed by atoms with Gasteiger partial charge in [-0.15, -0.1) is 12.4 Å². The lowest BCUT2D eigenvalue weighted by molar-refractivity contribution is 0.0323. The summed E-state index contributed by atoms with van der Waals surface area (Å²) in [5.74, 6) is 1.37. The molecule has 1 fully saturated rings. The Hall–Kier alpha value is -3.38. The van der Waals surface area contributed by atoms with Gasteiger partial charge >= 0.3 is 0 Å². The van der Waals surface area contributed by atoms with Crippen LogP contribution in [0.5, 0.6) is 5.75 Å². The van der Waals surface area contributed by atoms with Crippen LogP contribution < -0.4 is 4.74 Å². The highest BCUT2D eigenvalue weighted by Gasteiger charge is 2.17. The van der Waals surface area contributed by atoms with Crippen molar-refractivity contribution in [3.05, 3.63) is 84.9 Å². The zero-order valence-electron chi connectivity index (χ0n) is 19.4. The quantitative estimate of drug-likeness (QED) is 0.276. The highest BCUT2D eigenvalue weighted by Crippen LogP contribution is 2.36. The average molecular weight is 487 g/mol. The van der Waals surface area contributed by atoms with E-state index in [1.165, 1.54) is 0 Å². The van der Waals surface area contributed by atoms with Crippen LogP contribution in [0.1, 0.15) is 0 Å². The van der Waals surface area contributed by atoms with Crippen molar-refractivity contribution in [1.29, 1.82) is 0 Å². The van der Waals surface area contributed by atoms with E-state index < -0.39 is 0 Å².